The largest absolute Gasteiger partial charge is 0.495 e. The Kier molecular flexibility index (Phi) is 5.96. The molecule has 5 nitrogen and oxygen atoms in total. The smallest absolute Gasteiger partial charge is 0.234 e. The molecule has 6 heteroatoms. The van der Waals surface area contributed by atoms with Crippen LogP contribution in [0.5, 0.6) is 11.5 Å². The molecule has 0 bridgehead atoms. The first-order chi connectivity index (χ1) is 11.0. The van der Waals surface area contributed by atoms with Gasteiger partial charge in [-0.25, -0.2) is 5.43 Å². The summed E-state index contributed by atoms with van der Waals surface area (Å²) in [5, 5.41) is 0. The summed E-state index contributed by atoms with van der Waals surface area (Å²) in [6.45, 7) is 4.12. The molecule has 126 valence electrons. The van der Waals surface area contributed by atoms with E-state index in [1.807, 2.05) is 18.4 Å². The van der Waals surface area contributed by atoms with Crippen LogP contribution in [0, 0.1) is 5.92 Å². The zero-order valence-electron chi connectivity index (χ0n) is 14.2. The number of hydrogen-bond donors (Lipinski definition) is 2. The van der Waals surface area contributed by atoms with Gasteiger partial charge in [-0.1, -0.05) is 13.0 Å². The lowest BCUT2D eigenvalue weighted by atomic mass is 9.93. The highest BCUT2D eigenvalue weighted by Gasteiger charge is 2.24. The van der Waals surface area contributed by atoms with Crippen molar-refractivity contribution in [1.82, 2.24) is 10.9 Å². The van der Waals surface area contributed by atoms with E-state index in [0.29, 0.717) is 6.42 Å². The van der Waals surface area contributed by atoms with Crippen LogP contribution in [-0.2, 0) is 4.79 Å². The average molecular weight is 336 g/mol. The molecule has 1 aromatic rings. The molecular formula is C17H24N2O3S. The number of hydrogen-bond acceptors (Lipinski definition) is 5. The number of methoxy groups -OCH3 is 2. The van der Waals surface area contributed by atoms with Crippen LogP contribution in [0.1, 0.15) is 25.8 Å². The molecule has 0 saturated carbocycles. The van der Waals surface area contributed by atoms with Crippen molar-refractivity contribution in [3.05, 3.63) is 23.8 Å². The number of nitrogens with one attached hydrogen (secondary N) is 2. The van der Waals surface area contributed by atoms with Crippen LogP contribution in [0.3, 0.4) is 0 Å². The lowest BCUT2D eigenvalue weighted by Crippen LogP contribution is -2.52. The molecule has 23 heavy (non-hydrogen) atoms. The standard InChI is InChI=1S/C17H24N2O3S/c1-10(6-13-11(2)7-16(20)19-18-13)12-8-14(21-3)17(23-5)15(9-12)22-4/h6,8-9,11,13,18H,7H2,1-5H3,(H,19,20)/b10-6+. The summed E-state index contributed by atoms with van der Waals surface area (Å²) >= 11 is 1.60. The molecule has 1 aliphatic heterocycles. The number of carbonyl (C=O) groups is 1. The quantitative estimate of drug-likeness (QED) is 0.810. The molecule has 1 heterocycles. The molecule has 0 aromatic heterocycles. The van der Waals surface area contributed by atoms with E-state index in [9.17, 15) is 4.79 Å². The van der Waals surface area contributed by atoms with Crippen LogP contribution in [0.15, 0.2) is 23.1 Å². The van der Waals surface area contributed by atoms with Gasteiger partial charge in [-0.3, -0.25) is 10.2 Å². The highest BCUT2D eigenvalue weighted by atomic mass is 32.2. The van der Waals surface area contributed by atoms with E-state index < -0.39 is 0 Å². The maximum atomic E-state index is 11.4. The summed E-state index contributed by atoms with van der Waals surface area (Å²) in [6, 6.07) is 4.14. The summed E-state index contributed by atoms with van der Waals surface area (Å²) in [5.41, 5.74) is 7.90. The third-order valence-electron chi connectivity index (χ3n) is 4.05. The second-order valence-corrected chi connectivity index (χ2v) is 6.48. The highest BCUT2D eigenvalue weighted by Crippen LogP contribution is 2.39. The van der Waals surface area contributed by atoms with Crippen LogP contribution in [0.4, 0.5) is 0 Å². The van der Waals surface area contributed by atoms with Crippen LogP contribution < -0.4 is 20.3 Å². The van der Waals surface area contributed by atoms with Gasteiger partial charge >= 0.3 is 0 Å². The van der Waals surface area contributed by atoms with E-state index >= 15 is 0 Å². The summed E-state index contributed by atoms with van der Waals surface area (Å²) in [7, 11) is 3.33. The van der Waals surface area contributed by atoms with Crippen LogP contribution in [0.25, 0.3) is 5.57 Å². The van der Waals surface area contributed by atoms with Crippen LogP contribution >= 0.6 is 11.8 Å². The molecule has 2 N–H and O–H groups in total. The molecule has 2 atom stereocenters. The van der Waals surface area contributed by atoms with Crippen molar-refractivity contribution >= 4 is 23.2 Å². The Morgan fingerprint density at radius 1 is 1.30 bits per heavy atom. The molecule has 0 aliphatic carbocycles. The zero-order chi connectivity index (χ0) is 17.0. The van der Waals surface area contributed by atoms with Crippen LogP contribution in [-0.4, -0.2) is 32.4 Å². The zero-order valence-corrected chi connectivity index (χ0v) is 15.0. The van der Waals surface area contributed by atoms with E-state index in [2.05, 4.69) is 30.8 Å². The van der Waals surface area contributed by atoms with Gasteiger partial charge in [-0.15, -0.1) is 11.8 Å². The Labute approximate surface area is 141 Å². The van der Waals surface area contributed by atoms with E-state index in [1.165, 1.54) is 0 Å². The maximum Gasteiger partial charge on any atom is 0.234 e. The predicted molar refractivity (Wildman–Crippen MR) is 93.8 cm³/mol. The van der Waals surface area contributed by atoms with Crippen molar-refractivity contribution in [2.75, 3.05) is 20.5 Å². The topological polar surface area (TPSA) is 59.6 Å². The van der Waals surface area contributed by atoms with Gasteiger partial charge in [0.1, 0.15) is 11.5 Å². The van der Waals surface area contributed by atoms with Gasteiger partial charge in [-0.2, -0.15) is 0 Å². The minimum absolute atomic E-state index is 0.0347. The summed E-state index contributed by atoms with van der Waals surface area (Å²) in [5.74, 6) is 1.88. The van der Waals surface area contributed by atoms with Crippen LogP contribution in [0.2, 0.25) is 0 Å². The monoisotopic (exact) mass is 336 g/mol. The second kappa shape index (κ2) is 7.75. The minimum Gasteiger partial charge on any atom is -0.495 e. The SMILES string of the molecule is COc1cc(/C(C)=C/C2NNC(=O)CC2C)cc(OC)c1SC. The lowest BCUT2D eigenvalue weighted by Gasteiger charge is -2.28. The Balaban J connectivity index is 2.33. The first kappa shape index (κ1) is 17.7. The molecule has 0 radical (unpaired) electrons. The van der Waals surface area contributed by atoms with E-state index in [4.69, 9.17) is 9.47 Å². The highest BCUT2D eigenvalue weighted by molar-refractivity contribution is 7.98. The van der Waals surface area contributed by atoms with Crippen molar-refractivity contribution in [3.8, 4) is 11.5 Å². The van der Waals surface area contributed by atoms with Gasteiger partial charge in [0.25, 0.3) is 0 Å². The van der Waals surface area contributed by atoms with Crippen molar-refractivity contribution in [3.63, 3.8) is 0 Å². The first-order valence-electron chi connectivity index (χ1n) is 7.53. The molecule has 1 aromatic carbocycles. The molecule has 1 aliphatic rings. The lowest BCUT2D eigenvalue weighted by molar-refractivity contribution is -0.125. The van der Waals surface area contributed by atoms with E-state index in [0.717, 1.165) is 27.5 Å². The van der Waals surface area contributed by atoms with Crippen molar-refractivity contribution in [2.24, 2.45) is 5.92 Å². The molecule has 2 unspecified atom stereocenters. The number of ether oxygens (including phenoxy) is 2. The average Bonchev–Trinajstić information content (AvgIpc) is 2.55. The van der Waals surface area contributed by atoms with Gasteiger partial charge in [0.15, 0.2) is 0 Å². The van der Waals surface area contributed by atoms with Gasteiger partial charge in [0.05, 0.1) is 19.1 Å². The van der Waals surface area contributed by atoms with Gasteiger partial charge < -0.3 is 9.47 Å². The van der Waals surface area contributed by atoms with E-state index in [-0.39, 0.29) is 17.9 Å². The summed E-state index contributed by atoms with van der Waals surface area (Å²) < 4.78 is 11.0. The molecule has 0 spiro atoms. The van der Waals surface area contributed by atoms with Crippen molar-refractivity contribution in [2.45, 2.75) is 31.2 Å². The molecule has 1 saturated heterocycles. The first-order valence-corrected chi connectivity index (χ1v) is 8.75. The summed E-state index contributed by atoms with van der Waals surface area (Å²) in [4.78, 5) is 12.4. The fraction of sp³-hybridized carbons (Fsp3) is 0.471. The number of thioether (sulfide) groups is 1. The Bertz CT molecular complexity index is 591. The third kappa shape index (κ3) is 4.00. The molecule has 2 rings (SSSR count). The second-order valence-electron chi connectivity index (χ2n) is 5.66. The van der Waals surface area contributed by atoms with Crippen molar-refractivity contribution < 1.29 is 14.3 Å². The number of benzene rings is 1. The number of hydrazine groups is 1. The van der Waals surface area contributed by atoms with Gasteiger partial charge in [0, 0.05) is 12.5 Å². The summed E-state index contributed by atoms with van der Waals surface area (Å²) in [6.07, 6.45) is 4.66. The number of carbonyl (C=O) groups excluding carboxylic acids is 1. The predicted octanol–water partition coefficient (Wildman–Crippen LogP) is 2.86. The fourth-order valence-electron chi connectivity index (χ4n) is 2.66. The molecule has 1 fully saturated rings. The number of allylic oxidation sites excluding steroid dienone is 1. The van der Waals surface area contributed by atoms with E-state index in [1.54, 1.807) is 26.0 Å². The number of amides is 1. The Morgan fingerprint density at radius 3 is 2.39 bits per heavy atom. The Morgan fingerprint density at radius 2 is 1.91 bits per heavy atom. The normalized spacial score (nSPS) is 21.8. The van der Waals surface area contributed by atoms with Gasteiger partial charge in [-0.05, 0) is 42.4 Å². The maximum absolute atomic E-state index is 11.4. The molecular weight excluding hydrogens is 312 g/mol. The molecule has 1 amide bonds. The minimum atomic E-state index is 0.0347. The third-order valence-corrected chi connectivity index (χ3v) is 4.86. The Hall–Kier alpha value is -1.66. The van der Waals surface area contributed by atoms with Gasteiger partial charge in [0.2, 0.25) is 5.91 Å². The fourth-order valence-corrected chi connectivity index (χ4v) is 3.34. The van der Waals surface area contributed by atoms with Crippen molar-refractivity contribution in [1.29, 1.82) is 0 Å². The number of rotatable bonds is 5.